The smallest absolute Gasteiger partial charge is 0.326 e. The quantitative estimate of drug-likeness (QED) is 0.483. The number of carbonyl (C=O) groups is 4. The lowest BCUT2D eigenvalue weighted by atomic mass is 9.51. The van der Waals surface area contributed by atoms with Crippen molar-refractivity contribution in [1.82, 2.24) is 10.6 Å². The summed E-state index contributed by atoms with van der Waals surface area (Å²) >= 11 is 0. The highest BCUT2D eigenvalue weighted by Gasteiger charge is 2.50. The van der Waals surface area contributed by atoms with Gasteiger partial charge in [-0.15, -0.1) is 0 Å². The lowest BCUT2D eigenvalue weighted by Crippen LogP contribution is -2.55. The van der Waals surface area contributed by atoms with E-state index in [2.05, 4.69) is 10.6 Å². The molecule has 4 rings (SSSR count). The van der Waals surface area contributed by atoms with Crippen LogP contribution in [-0.4, -0.2) is 40.9 Å². The number of rotatable bonds is 8. The van der Waals surface area contributed by atoms with Gasteiger partial charge in [-0.05, 0) is 69.1 Å². The Morgan fingerprint density at radius 2 is 1.56 bits per heavy atom. The van der Waals surface area contributed by atoms with E-state index in [1.807, 2.05) is 0 Å². The molecule has 0 aliphatic heterocycles. The van der Waals surface area contributed by atoms with E-state index in [9.17, 15) is 24.3 Å². The van der Waals surface area contributed by atoms with E-state index >= 15 is 0 Å². The zero-order chi connectivity index (χ0) is 19.7. The summed E-state index contributed by atoms with van der Waals surface area (Å²) in [7, 11) is 0. The topological polar surface area (TPSA) is 139 Å². The average Bonchev–Trinajstić information content (AvgIpc) is 2.56. The van der Waals surface area contributed by atoms with Crippen molar-refractivity contribution in [2.45, 2.75) is 64.0 Å². The van der Waals surface area contributed by atoms with Gasteiger partial charge in [0.25, 0.3) is 0 Å². The molecule has 8 heteroatoms. The van der Waals surface area contributed by atoms with E-state index in [4.69, 9.17) is 5.73 Å². The highest BCUT2D eigenvalue weighted by atomic mass is 16.4. The summed E-state index contributed by atoms with van der Waals surface area (Å²) in [5.41, 5.74) is 5.04. The molecule has 0 spiro atoms. The fourth-order valence-corrected chi connectivity index (χ4v) is 5.57. The molecule has 5 N–H and O–H groups in total. The van der Waals surface area contributed by atoms with Crippen LogP contribution in [0.2, 0.25) is 0 Å². The molecule has 4 aliphatic rings. The lowest BCUT2D eigenvalue weighted by Gasteiger charge is -2.53. The zero-order valence-electron chi connectivity index (χ0n) is 15.6. The van der Waals surface area contributed by atoms with Crippen molar-refractivity contribution in [3.63, 3.8) is 0 Å². The molecule has 4 bridgehead atoms. The third-order valence-corrected chi connectivity index (χ3v) is 6.58. The number of nitrogens with two attached hydrogens (primary N) is 1. The average molecular weight is 379 g/mol. The lowest BCUT2D eigenvalue weighted by molar-refractivity contribution is -0.143. The Kier molecular flexibility index (Phi) is 5.72. The van der Waals surface area contributed by atoms with Crippen LogP contribution < -0.4 is 16.4 Å². The molecular formula is C19H29N3O5. The fraction of sp³-hybridized carbons (Fsp3) is 0.789. The number of hydrogen-bond donors (Lipinski definition) is 4. The monoisotopic (exact) mass is 379 g/mol. The van der Waals surface area contributed by atoms with Crippen molar-refractivity contribution in [1.29, 1.82) is 0 Å². The van der Waals surface area contributed by atoms with Crippen LogP contribution in [0.5, 0.6) is 0 Å². The Bertz CT molecular complexity index is 607. The number of aliphatic carboxylic acids is 1. The molecule has 0 unspecified atom stereocenters. The minimum atomic E-state index is -1.23. The molecule has 4 aliphatic carbocycles. The van der Waals surface area contributed by atoms with Gasteiger partial charge < -0.3 is 21.5 Å². The Morgan fingerprint density at radius 3 is 2.04 bits per heavy atom. The highest BCUT2D eigenvalue weighted by molar-refractivity contribution is 5.91. The second kappa shape index (κ2) is 7.86. The van der Waals surface area contributed by atoms with E-state index < -0.39 is 29.9 Å². The molecule has 8 nitrogen and oxygen atoms in total. The summed E-state index contributed by atoms with van der Waals surface area (Å²) in [5, 5.41) is 14.4. The number of carboxylic acids is 1. The Balaban J connectivity index is 1.53. The maximum Gasteiger partial charge on any atom is 0.326 e. The first kappa shape index (κ1) is 19.6. The summed E-state index contributed by atoms with van der Waals surface area (Å²) < 4.78 is 0. The van der Waals surface area contributed by atoms with Crippen LogP contribution in [0.15, 0.2) is 0 Å². The number of carbonyl (C=O) groups excluding carboxylic acids is 3. The standard InChI is InChI=1S/C19H29N3O5/c1-9(17(24)22-14(19(26)27)2-3-15(20)23)21-18(25)16-12-5-10-4-11(7-12)8-13(16)6-10/h9-14,16H,2-8H2,1H3,(H2,20,23)(H,21,25)(H,22,24)(H,26,27)/t9-,10?,11?,12?,13?,14+,16?/m0/s1. The molecule has 27 heavy (non-hydrogen) atoms. The van der Waals surface area contributed by atoms with Crippen molar-refractivity contribution in [2.75, 3.05) is 0 Å². The first-order chi connectivity index (χ1) is 12.7. The molecule has 0 aromatic rings. The molecule has 0 aromatic heterocycles. The Hall–Kier alpha value is -2.12. The van der Waals surface area contributed by atoms with Gasteiger partial charge in [0.05, 0.1) is 0 Å². The van der Waals surface area contributed by atoms with Gasteiger partial charge in [0, 0.05) is 12.3 Å². The number of hydrogen-bond acceptors (Lipinski definition) is 4. The number of nitrogens with one attached hydrogen (secondary N) is 2. The largest absolute Gasteiger partial charge is 0.480 e. The van der Waals surface area contributed by atoms with Crippen molar-refractivity contribution in [3.05, 3.63) is 0 Å². The van der Waals surface area contributed by atoms with Gasteiger partial charge in [-0.3, -0.25) is 14.4 Å². The van der Waals surface area contributed by atoms with Gasteiger partial charge in [0.2, 0.25) is 17.7 Å². The third-order valence-electron chi connectivity index (χ3n) is 6.58. The molecule has 0 aromatic carbocycles. The van der Waals surface area contributed by atoms with E-state index in [1.165, 1.54) is 6.42 Å². The van der Waals surface area contributed by atoms with Crippen LogP contribution in [0.3, 0.4) is 0 Å². The summed E-state index contributed by atoms with van der Waals surface area (Å²) in [4.78, 5) is 47.2. The summed E-state index contributed by atoms with van der Waals surface area (Å²) in [6.45, 7) is 1.55. The number of amides is 3. The first-order valence-corrected chi connectivity index (χ1v) is 9.86. The van der Waals surface area contributed by atoms with Gasteiger partial charge in [0.1, 0.15) is 12.1 Å². The molecule has 0 radical (unpaired) electrons. The van der Waals surface area contributed by atoms with E-state index in [-0.39, 0.29) is 24.7 Å². The third kappa shape index (κ3) is 4.42. The summed E-state index contributed by atoms with van der Waals surface area (Å²) in [5.74, 6) is -0.184. The van der Waals surface area contributed by atoms with Crippen LogP contribution in [0, 0.1) is 29.6 Å². The maximum atomic E-state index is 12.8. The molecule has 4 saturated carbocycles. The van der Waals surface area contributed by atoms with Gasteiger partial charge in [-0.2, -0.15) is 0 Å². The van der Waals surface area contributed by atoms with Gasteiger partial charge in [0.15, 0.2) is 0 Å². The summed E-state index contributed by atoms with van der Waals surface area (Å²) in [6.07, 6.45) is 5.54. The number of carboxylic acid groups (broad SMARTS) is 1. The molecule has 4 fully saturated rings. The van der Waals surface area contributed by atoms with Gasteiger partial charge in [-0.25, -0.2) is 4.79 Å². The normalized spacial score (nSPS) is 33.1. The zero-order valence-corrected chi connectivity index (χ0v) is 15.6. The molecular weight excluding hydrogens is 350 g/mol. The van der Waals surface area contributed by atoms with E-state index in [1.54, 1.807) is 6.92 Å². The highest BCUT2D eigenvalue weighted by Crippen LogP contribution is 2.56. The fourth-order valence-electron chi connectivity index (χ4n) is 5.57. The second-order valence-corrected chi connectivity index (χ2v) is 8.59. The first-order valence-electron chi connectivity index (χ1n) is 9.86. The van der Waals surface area contributed by atoms with Crippen LogP contribution in [-0.2, 0) is 19.2 Å². The minimum absolute atomic E-state index is 0.0295. The Labute approximate surface area is 158 Å². The molecule has 3 amide bonds. The predicted molar refractivity (Wildman–Crippen MR) is 96.1 cm³/mol. The van der Waals surface area contributed by atoms with Crippen LogP contribution in [0.25, 0.3) is 0 Å². The van der Waals surface area contributed by atoms with Crippen LogP contribution in [0.4, 0.5) is 0 Å². The SMILES string of the molecule is C[C@H](NC(=O)C1C2CC3CC(C2)CC1C3)C(=O)N[C@H](CCC(N)=O)C(=O)O. The van der Waals surface area contributed by atoms with Gasteiger partial charge in [-0.1, -0.05) is 0 Å². The molecule has 0 heterocycles. The molecule has 2 atom stereocenters. The van der Waals surface area contributed by atoms with E-state index in [0.29, 0.717) is 11.8 Å². The Morgan fingerprint density at radius 1 is 1.00 bits per heavy atom. The van der Waals surface area contributed by atoms with Crippen LogP contribution in [0.1, 0.15) is 51.9 Å². The van der Waals surface area contributed by atoms with Crippen molar-refractivity contribution < 1.29 is 24.3 Å². The second-order valence-electron chi connectivity index (χ2n) is 8.59. The van der Waals surface area contributed by atoms with Gasteiger partial charge >= 0.3 is 5.97 Å². The van der Waals surface area contributed by atoms with Crippen molar-refractivity contribution >= 4 is 23.7 Å². The number of primary amides is 1. The van der Waals surface area contributed by atoms with Crippen molar-refractivity contribution in [2.24, 2.45) is 35.3 Å². The van der Waals surface area contributed by atoms with E-state index in [0.717, 1.165) is 37.5 Å². The predicted octanol–water partition coefficient (Wildman–Crippen LogP) is 0.398. The molecule has 150 valence electrons. The van der Waals surface area contributed by atoms with Crippen molar-refractivity contribution in [3.8, 4) is 0 Å². The maximum absolute atomic E-state index is 12.8. The summed E-state index contributed by atoms with van der Waals surface area (Å²) in [6, 6.07) is -2.03. The molecule has 0 saturated heterocycles. The van der Waals surface area contributed by atoms with Crippen LogP contribution >= 0.6 is 0 Å². The minimum Gasteiger partial charge on any atom is -0.480 e.